The minimum Gasteiger partial charge on any atom is -0.285 e. The summed E-state index contributed by atoms with van der Waals surface area (Å²) >= 11 is 0. The molecule has 0 amide bonds. The van der Waals surface area contributed by atoms with E-state index in [-0.39, 0.29) is 12.3 Å². The Morgan fingerprint density at radius 1 is 1.54 bits per heavy atom. The van der Waals surface area contributed by atoms with Gasteiger partial charge in [0.05, 0.1) is 0 Å². The summed E-state index contributed by atoms with van der Waals surface area (Å²) in [4.78, 5) is 0. The second-order valence-electron chi connectivity index (χ2n) is 2.91. The molecule has 0 aliphatic heterocycles. The second-order valence-corrected chi connectivity index (χ2v) is 4.48. The molecule has 1 aromatic heterocycles. The Labute approximate surface area is 77.6 Å². The van der Waals surface area contributed by atoms with E-state index in [4.69, 9.17) is 4.55 Å². The zero-order valence-electron chi connectivity index (χ0n) is 7.34. The normalized spacial score (nSPS) is 11.5. The molecule has 0 saturated heterocycles. The summed E-state index contributed by atoms with van der Waals surface area (Å²) in [5.41, 5.74) is 1.05. The zero-order chi connectivity index (χ0) is 9.90. The van der Waals surface area contributed by atoms with Crippen LogP contribution in [0.2, 0.25) is 0 Å². The van der Waals surface area contributed by atoms with Gasteiger partial charge in [-0.1, -0.05) is 0 Å². The van der Waals surface area contributed by atoms with Crippen molar-refractivity contribution in [2.24, 2.45) is 0 Å². The van der Waals surface area contributed by atoms with Gasteiger partial charge in [0, 0.05) is 11.6 Å². The largest absolute Gasteiger partial charge is 0.285 e. The third-order valence-electron chi connectivity index (χ3n) is 1.61. The molecule has 0 fully saturated rings. The van der Waals surface area contributed by atoms with Crippen LogP contribution in [-0.2, 0) is 16.7 Å². The highest BCUT2D eigenvalue weighted by Gasteiger charge is 2.08. The quantitative estimate of drug-likeness (QED) is 0.561. The van der Waals surface area contributed by atoms with Gasteiger partial charge in [0.25, 0.3) is 10.1 Å². The van der Waals surface area contributed by atoms with Crippen molar-refractivity contribution in [1.82, 2.24) is 0 Å². The van der Waals surface area contributed by atoms with E-state index in [1.54, 1.807) is 10.8 Å². The Morgan fingerprint density at radius 3 is 2.77 bits per heavy atom. The maximum absolute atomic E-state index is 10.4. The zero-order valence-corrected chi connectivity index (χ0v) is 8.16. The highest BCUT2D eigenvalue weighted by atomic mass is 32.2. The molecular weight excluding hydrogens is 190 g/mol. The molecule has 0 unspecified atom stereocenters. The van der Waals surface area contributed by atoms with Gasteiger partial charge in [-0.15, -0.1) is 0 Å². The Balaban J connectivity index is 2.65. The van der Waals surface area contributed by atoms with Crippen molar-refractivity contribution in [2.45, 2.75) is 13.5 Å². The molecule has 0 atom stereocenters. The third-order valence-corrected chi connectivity index (χ3v) is 2.31. The summed E-state index contributed by atoms with van der Waals surface area (Å²) in [6.07, 6.45) is 3.59. The molecule has 4 nitrogen and oxygen atoms in total. The molecule has 0 bridgehead atoms. The van der Waals surface area contributed by atoms with E-state index in [0.29, 0.717) is 0 Å². The van der Waals surface area contributed by atoms with E-state index >= 15 is 0 Å². The molecule has 1 heterocycles. The summed E-state index contributed by atoms with van der Waals surface area (Å²) in [7, 11) is -3.86. The molecule has 1 rings (SSSR count). The summed E-state index contributed by atoms with van der Waals surface area (Å²) < 4.78 is 31.1. The van der Waals surface area contributed by atoms with Crippen LogP contribution < -0.4 is 4.57 Å². The Hall–Kier alpha value is -0.940. The maximum atomic E-state index is 10.4. The van der Waals surface area contributed by atoms with E-state index < -0.39 is 10.1 Å². The van der Waals surface area contributed by atoms with Crippen LogP contribution in [0.25, 0.3) is 0 Å². The average molecular weight is 202 g/mol. The highest BCUT2D eigenvalue weighted by molar-refractivity contribution is 7.85. The second kappa shape index (κ2) is 3.85. The topological polar surface area (TPSA) is 58.2 Å². The van der Waals surface area contributed by atoms with Crippen LogP contribution in [0.15, 0.2) is 24.5 Å². The smallest absolute Gasteiger partial charge is 0.271 e. The molecule has 13 heavy (non-hydrogen) atoms. The van der Waals surface area contributed by atoms with Crippen molar-refractivity contribution < 1.29 is 17.5 Å². The monoisotopic (exact) mass is 202 g/mol. The fourth-order valence-electron chi connectivity index (χ4n) is 1.01. The van der Waals surface area contributed by atoms with Crippen LogP contribution in [0.5, 0.6) is 0 Å². The highest BCUT2D eigenvalue weighted by Crippen LogP contribution is 1.89. The van der Waals surface area contributed by atoms with Crippen molar-refractivity contribution in [3.63, 3.8) is 0 Å². The van der Waals surface area contributed by atoms with Gasteiger partial charge < -0.3 is 0 Å². The van der Waals surface area contributed by atoms with Crippen molar-refractivity contribution in [3.8, 4) is 0 Å². The van der Waals surface area contributed by atoms with Gasteiger partial charge in [-0.25, -0.2) is 4.57 Å². The lowest BCUT2D eigenvalue weighted by molar-refractivity contribution is -0.692. The Bertz CT molecular complexity index is 386. The van der Waals surface area contributed by atoms with E-state index in [0.717, 1.165) is 5.56 Å². The van der Waals surface area contributed by atoms with E-state index in [9.17, 15) is 8.42 Å². The molecule has 1 aromatic rings. The number of hydrogen-bond acceptors (Lipinski definition) is 2. The van der Waals surface area contributed by atoms with Gasteiger partial charge in [0.1, 0.15) is 5.75 Å². The molecule has 0 aromatic carbocycles. The lowest BCUT2D eigenvalue weighted by Gasteiger charge is -1.95. The van der Waals surface area contributed by atoms with Crippen LogP contribution in [0.3, 0.4) is 0 Å². The van der Waals surface area contributed by atoms with E-state index in [1.807, 2.05) is 25.3 Å². The number of aromatic nitrogens is 1. The summed E-state index contributed by atoms with van der Waals surface area (Å²) in [6, 6.07) is 3.75. The summed E-state index contributed by atoms with van der Waals surface area (Å²) in [6.45, 7) is 2.20. The lowest BCUT2D eigenvalue weighted by atomic mass is 10.3. The minimum absolute atomic E-state index is 0.249. The number of pyridine rings is 1. The van der Waals surface area contributed by atoms with Crippen molar-refractivity contribution in [3.05, 3.63) is 30.1 Å². The molecule has 72 valence electrons. The lowest BCUT2D eigenvalue weighted by Crippen LogP contribution is -2.36. The first-order chi connectivity index (χ1) is 5.97. The molecule has 5 heteroatoms. The number of aryl methyl sites for hydroxylation is 2. The number of hydrogen-bond donors (Lipinski definition) is 1. The molecule has 0 spiro atoms. The molecule has 0 aliphatic rings. The van der Waals surface area contributed by atoms with Crippen LogP contribution >= 0.6 is 0 Å². The number of rotatable bonds is 3. The van der Waals surface area contributed by atoms with Gasteiger partial charge in [0.2, 0.25) is 0 Å². The van der Waals surface area contributed by atoms with Crippen LogP contribution in [0, 0.1) is 6.92 Å². The first-order valence-corrected chi connectivity index (χ1v) is 5.49. The van der Waals surface area contributed by atoms with Crippen molar-refractivity contribution in [1.29, 1.82) is 0 Å². The van der Waals surface area contributed by atoms with Gasteiger partial charge >= 0.3 is 0 Å². The molecule has 0 saturated carbocycles. The van der Waals surface area contributed by atoms with Crippen molar-refractivity contribution in [2.75, 3.05) is 5.75 Å². The summed E-state index contributed by atoms with van der Waals surface area (Å²) in [5, 5.41) is 0. The first-order valence-electron chi connectivity index (χ1n) is 3.88. The molecular formula is C8H12NO3S+. The van der Waals surface area contributed by atoms with E-state index in [1.165, 1.54) is 0 Å². The third kappa shape index (κ3) is 4.00. The van der Waals surface area contributed by atoms with Gasteiger partial charge in [-0.3, -0.25) is 4.55 Å². The standard InChI is InChI=1S/C8H11NO3S/c1-8-3-2-4-9(7-8)5-6-13(10,11)12/h2-4,7H,5-6H2,1H3/p+1. The molecule has 0 radical (unpaired) electrons. The average Bonchev–Trinajstić information content (AvgIpc) is 2.00. The molecule has 1 N–H and O–H groups in total. The SMILES string of the molecule is Cc1ccc[n+](CCS(=O)(=O)O)c1. The van der Waals surface area contributed by atoms with Crippen LogP contribution in [-0.4, -0.2) is 18.7 Å². The fraction of sp³-hybridized carbons (Fsp3) is 0.375. The predicted octanol–water partition coefficient (Wildman–Crippen LogP) is 0.170. The predicted molar refractivity (Wildman–Crippen MR) is 47.8 cm³/mol. The maximum Gasteiger partial charge on any atom is 0.271 e. The summed E-state index contributed by atoms with van der Waals surface area (Å²) in [5.74, 6) is -0.249. The van der Waals surface area contributed by atoms with Gasteiger partial charge in [0.15, 0.2) is 18.9 Å². The van der Waals surface area contributed by atoms with Crippen LogP contribution in [0.1, 0.15) is 5.56 Å². The van der Waals surface area contributed by atoms with Crippen LogP contribution in [0.4, 0.5) is 0 Å². The van der Waals surface area contributed by atoms with Crippen molar-refractivity contribution >= 4 is 10.1 Å². The van der Waals surface area contributed by atoms with Gasteiger partial charge in [-0.05, 0) is 13.0 Å². The van der Waals surface area contributed by atoms with E-state index in [2.05, 4.69) is 0 Å². The van der Waals surface area contributed by atoms with Gasteiger partial charge in [-0.2, -0.15) is 8.42 Å². The molecule has 0 aliphatic carbocycles. The Morgan fingerprint density at radius 2 is 2.23 bits per heavy atom. The number of nitrogens with zero attached hydrogens (tertiary/aromatic N) is 1. The minimum atomic E-state index is -3.86. The Kier molecular flexibility index (Phi) is 3.00. The fourth-order valence-corrected chi connectivity index (χ4v) is 1.45. The first kappa shape index (κ1) is 10.1.